The molecule has 0 aliphatic heterocycles. The van der Waals surface area contributed by atoms with Gasteiger partial charge >= 0.3 is 5.97 Å². The highest BCUT2D eigenvalue weighted by Gasteiger charge is 2.17. The van der Waals surface area contributed by atoms with E-state index in [1.165, 1.54) is 17.5 Å². The molecule has 1 aliphatic rings. The van der Waals surface area contributed by atoms with Crippen molar-refractivity contribution in [3.8, 4) is 0 Å². The maximum absolute atomic E-state index is 13.2. The van der Waals surface area contributed by atoms with Crippen LogP contribution in [0.2, 0.25) is 0 Å². The van der Waals surface area contributed by atoms with Crippen LogP contribution >= 0.6 is 0 Å². The first kappa shape index (κ1) is 19.9. The Morgan fingerprint density at radius 2 is 1.40 bits per heavy atom. The molecule has 0 fully saturated rings. The Morgan fingerprint density at radius 1 is 0.767 bits per heavy atom. The van der Waals surface area contributed by atoms with Gasteiger partial charge in [-0.25, -0.2) is 4.79 Å². The second-order valence-electron chi connectivity index (χ2n) is 7.87. The molecule has 4 heteroatoms. The Hall–Kier alpha value is -3.40. The summed E-state index contributed by atoms with van der Waals surface area (Å²) in [7, 11) is 0. The van der Waals surface area contributed by atoms with Gasteiger partial charge in [0.1, 0.15) is 0 Å². The standard InChI is InChI=1S/C26H25NO3/c28-25(16-21-11-12-22-7-4-8-24(22)15-21)27(17-19-5-2-1-3-6-19)18-20-9-13-23(14-10-20)26(29)30/h1-3,5-6,9-15H,4,7-8,16-18H2,(H,29,30). The predicted octanol–water partition coefficient (Wildman–Crippen LogP) is 4.65. The first-order chi connectivity index (χ1) is 14.6. The normalized spacial score (nSPS) is 12.4. The molecule has 3 aromatic rings. The molecule has 0 bridgehead atoms. The van der Waals surface area contributed by atoms with E-state index in [0.717, 1.165) is 29.5 Å². The van der Waals surface area contributed by atoms with Gasteiger partial charge in [0.2, 0.25) is 5.91 Å². The second-order valence-corrected chi connectivity index (χ2v) is 7.87. The highest BCUT2D eigenvalue weighted by atomic mass is 16.4. The van der Waals surface area contributed by atoms with Gasteiger partial charge in [-0.15, -0.1) is 0 Å². The topological polar surface area (TPSA) is 57.6 Å². The van der Waals surface area contributed by atoms with Crippen LogP contribution in [-0.4, -0.2) is 21.9 Å². The van der Waals surface area contributed by atoms with Gasteiger partial charge in [-0.05, 0) is 59.2 Å². The number of hydrogen-bond donors (Lipinski definition) is 1. The molecule has 0 radical (unpaired) electrons. The number of aromatic carboxylic acids is 1. The molecular weight excluding hydrogens is 374 g/mol. The van der Waals surface area contributed by atoms with E-state index in [-0.39, 0.29) is 11.5 Å². The van der Waals surface area contributed by atoms with Gasteiger partial charge in [0, 0.05) is 13.1 Å². The Bertz CT molecular complexity index is 1040. The maximum Gasteiger partial charge on any atom is 0.335 e. The molecule has 30 heavy (non-hydrogen) atoms. The van der Waals surface area contributed by atoms with Crippen molar-refractivity contribution in [3.05, 3.63) is 106 Å². The Balaban J connectivity index is 1.52. The van der Waals surface area contributed by atoms with E-state index < -0.39 is 5.97 Å². The molecule has 4 rings (SSSR count). The molecule has 0 spiro atoms. The Labute approximate surface area is 176 Å². The van der Waals surface area contributed by atoms with Gasteiger partial charge in [0.25, 0.3) is 0 Å². The van der Waals surface area contributed by atoms with E-state index in [1.807, 2.05) is 35.2 Å². The smallest absolute Gasteiger partial charge is 0.335 e. The summed E-state index contributed by atoms with van der Waals surface area (Å²) in [6.45, 7) is 0.962. The molecule has 0 saturated heterocycles. The average molecular weight is 399 g/mol. The number of carbonyl (C=O) groups is 2. The fourth-order valence-electron chi connectivity index (χ4n) is 4.03. The van der Waals surface area contributed by atoms with Crippen LogP contribution in [0.15, 0.2) is 72.8 Å². The molecule has 1 aliphatic carbocycles. The third-order valence-electron chi connectivity index (χ3n) is 5.66. The van der Waals surface area contributed by atoms with Gasteiger partial charge in [0.05, 0.1) is 12.0 Å². The van der Waals surface area contributed by atoms with E-state index in [1.54, 1.807) is 24.3 Å². The van der Waals surface area contributed by atoms with Gasteiger partial charge in [-0.1, -0.05) is 60.7 Å². The van der Waals surface area contributed by atoms with E-state index in [9.17, 15) is 9.59 Å². The molecule has 4 nitrogen and oxygen atoms in total. The van der Waals surface area contributed by atoms with Crippen molar-refractivity contribution in [2.24, 2.45) is 0 Å². The summed E-state index contributed by atoms with van der Waals surface area (Å²) in [6, 6.07) is 23.1. The minimum absolute atomic E-state index is 0.0686. The highest BCUT2D eigenvalue weighted by Crippen LogP contribution is 2.23. The van der Waals surface area contributed by atoms with Crippen molar-refractivity contribution < 1.29 is 14.7 Å². The zero-order chi connectivity index (χ0) is 20.9. The summed E-state index contributed by atoms with van der Waals surface area (Å²) in [5, 5.41) is 9.11. The molecule has 0 heterocycles. The summed E-state index contributed by atoms with van der Waals surface area (Å²) in [5.74, 6) is -0.880. The molecule has 0 atom stereocenters. The second kappa shape index (κ2) is 8.95. The lowest BCUT2D eigenvalue weighted by Crippen LogP contribution is -2.31. The van der Waals surface area contributed by atoms with Crippen molar-refractivity contribution in [1.82, 2.24) is 4.90 Å². The molecule has 3 aromatic carbocycles. The van der Waals surface area contributed by atoms with Crippen LogP contribution in [0.3, 0.4) is 0 Å². The molecule has 1 amide bonds. The van der Waals surface area contributed by atoms with Crippen molar-refractivity contribution in [1.29, 1.82) is 0 Å². The van der Waals surface area contributed by atoms with E-state index in [2.05, 4.69) is 18.2 Å². The van der Waals surface area contributed by atoms with Crippen LogP contribution in [-0.2, 0) is 37.1 Å². The number of carbonyl (C=O) groups excluding carboxylic acids is 1. The van der Waals surface area contributed by atoms with Crippen LogP contribution < -0.4 is 0 Å². The Morgan fingerprint density at radius 3 is 2.10 bits per heavy atom. The lowest BCUT2D eigenvalue weighted by Gasteiger charge is -2.23. The zero-order valence-electron chi connectivity index (χ0n) is 16.9. The number of carboxylic acid groups (broad SMARTS) is 1. The SMILES string of the molecule is O=C(O)c1ccc(CN(Cc2ccccc2)C(=O)Cc2ccc3c(c2)CCC3)cc1. The summed E-state index contributed by atoms with van der Waals surface area (Å²) in [4.78, 5) is 26.2. The summed E-state index contributed by atoms with van der Waals surface area (Å²) >= 11 is 0. The van der Waals surface area contributed by atoms with E-state index >= 15 is 0 Å². The van der Waals surface area contributed by atoms with Gasteiger partial charge in [-0.2, -0.15) is 0 Å². The highest BCUT2D eigenvalue weighted by molar-refractivity contribution is 5.87. The first-order valence-corrected chi connectivity index (χ1v) is 10.3. The average Bonchev–Trinajstić information content (AvgIpc) is 3.22. The van der Waals surface area contributed by atoms with Gasteiger partial charge < -0.3 is 10.0 Å². The van der Waals surface area contributed by atoms with Crippen molar-refractivity contribution in [3.63, 3.8) is 0 Å². The number of aryl methyl sites for hydroxylation is 2. The molecule has 0 saturated carbocycles. The molecular formula is C26H25NO3. The summed E-state index contributed by atoms with van der Waals surface area (Å²) in [6.07, 6.45) is 3.80. The number of hydrogen-bond acceptors (Lipinski definition) is 2. The van der Waals surface area contributed by atoms with Crippen molar-refractivity contribution in [2.45, 2.75) is 38.8 Å². The number of fused-ring (bicyclic) bond motifs is 1. The van der Waals surface area contributed by atoms with Gasteiger partial charge in [0.15, 0.2) is 0 Å². The summed E-state index contributed by atoms with van der Waals surface area (Å²) in [5.41, 5.74) is 6.07. The summed E-state index contributed by atoms with van der Waals surface area (Å²) < 4.78 is 0. The van der Waals surface area contributed by atoms with Crippen LogP contribution in [0.4, 0.5) is 0 Å². The molecule has 152 valence electrons. The fraction of sp³-hybridized carbons (Fsp3) is 0.231. The maximum atomic E-state index is 13.2. The number of amides is 1. The van der Waals surface area contributed by atoms with Crippen LogP contribution in [0.25, 0.3) is 0 Å². The number of benzene rings is 3. The van der Waals surface area contributed by atoms with Crippen molar-refractivity contribution in [2.75, 3.05) is 0 Å². The quantitative estimate of drug-likeness (QED) is 0.629. The number of nitrogens with zero attached hydrogens (tertiary/aromatic N) is 1. The van der Waals surface area contributed by atoms with Crippen LogP contribution in [0, 0.1) is 0 Å². The van der Waals surface area contributed by atoms with Crippen LogP contribution in [0.5, 0.6) is 0 Å². The molecule has 1 N–H and O–H groups in total. The zero-order valence-corrected chi connectivity index (χ0v) is 16.9. The van der Waals surface area contributed by atoms with Gasteiger partial charge in [-0.3, -0.25) is 4.79 Å². The minimum Gasteiger partial charge on any atom is -0.478 e. The first-order valence-electron chi connectivity index (χ1n) is 10.3. The third-order valence-corrected chi connectivity index (χ3v) is 5.66. The van der Waals surface area contributed by atoms with Crippen molar-refractivity contribution >= 4 is 11.9 Å². The lowest BCUT2D eigenvalue weighted by atomic mass is 10.0. The number of rotatable bonds is 7. The third kappa shape index (κ3) is 4.77. The molecule has 0 unspecified atom stereocenters. The monoisotopic (exact) mass is 399 g/mol. The fourth-order valence-corrected chi connectivity index (χ4v) is 4.03. The Kier molecular flexibility index (Phi) is 5.94. The van der Waals surface area contributed by atoms with Crippen LogP contribution in [0.1, 0.15) is 44.6 Å². The van der Waals surface area contributed by atoms with E-state index in [0.29, 0.717) is 19.5 Å². The molecule has 0 aromatic heterocycles. The van der Waals surface area contributed by atoms with E-state index in [4.69, 9.17) is 5.11 Å². The number of carboxylic acids is 1. The minimum atomic E-state index is -0.949. The largest absolute Gasteiger partial charge is 0.478 e. The predicted molar refractivity (Wildman–Crippen MR) is 116 cm³/mol. The lowest BCUT2D eigenvalue weighted by molar-refractivity contribution is -0.131.